The maximum Gasteiger partial charge on any atom is 0.0496 e. The smallest absolute Gasteiger partial charge is 0.0496 e. The van der Waals surface area contributed by atoms with Gasteiger partial charge in [-0.15, -0.1) is 0 Å². The van der Waals surface area contributed by atoms with Gasteiger partial charge in [-0.3, -0.25) is 0 Å². The molecule has 0 aromatic heterocycles. The van der Waals surface area contributed by atoms with Gasteiger partial charge in [-0.2, -0.15) is 0 Å². The van der Waals surface area contributed by atoms with Crippen LogP contribution >= 0.6 is 0 Å². The summed E-state index contributed by atoms with van der Waals surface area (Å²) in [5.41, 5.74) is 0. The van der Waals surface area contributed by atoms with E-state index in [4.69, 9.17) is 9.84 Å². The molecule has 0 aliphatic carbocycles. The fourth-order valence-electron chi connectivity index (χ4n) is 0.829. The summed E-state index contributed by atoms with van der Waals surface area (Å²) in [5.74, 6) is 0. The molecular weight excluding hydrogens is 224 g/mol. The van der Waals surface area contributed by atoms with Crippen LogP contribution in [0.1, 0.15) is 61.8 Å². The van der Waals surface area contributed by atoms with E-state index in [1.165, 1.54) is 0 Å². The van der Waals surface area contributed by atoms with Gasteiger partial charge in [0.25, 0.3) is 0 Å². The van der Waals surface area contributed by atoms with Crippen molar-refractivity contribution in [3.8, 4) is 0 Å². The largest absolute Gasteiger partial charge is 0.396 e. The van der Waals surface area contributed by atoms with Gasteiger partial charge in [-0.1, -0.05) is 60.4 Å². The van der Waals surface area contributed by atoms with Gasteiger partial charge in [0, 0.05) is 20.3 Å². The van der Waals surface area contributed by atoms with Gasteiger partial charge < -0.3 is 9.84 Å². The normalized spacial score (nSPS) is 8.89. The van der Waals surface area contributed by atoms with Crippen molar-refractivity contribution in [2.75, 3.05) is 20.3 Å². The van der Waals surface area contributed by atoms with Crippen LogP contribution < -0.4 is 0 Å². The van der Waals surface area contributed by atoms with E-state index in [0.717, 1.165) is 32.3 Å². The molecule has 0 amide bonds. The Balaban J connectivity index is -0.0000000540. The van der Waals surface area contributed by atoms with Crippen molar-refractivity contribution in [1.82, 2.24) is 0 Å². The molecule has 114 valence electrons. The molecule has 2 nitrogen and oxygen atoms in total. The van der Waals surface area contributed by atoms with Crippen molar-refractivity contribution < 1.29 is 9.84 Å². The summed E-state index contributed by atoms with van der Waals surface area (Å²) in [6, 6.07) is 0. The van der Waals surface area contributed by atoms with Crippen molar-refractivity contribution in [1.29, 1.82) is 0 Å². The Hall–Kier alpha value is -0.600. The van der Waals surface area contributed by atoms with Crippen molar-refractivity contribution in [2.24, 2.45) is 0 Å². The fraction of sp³-hybridized carbons (Fsp3) is 0.750. The van der Waals surface area contributed by atoms with E-state index >= 15 is 0 Å². The zero-order valence-corrected chi connectivity index (χ0v) is 10.4. The zero-order chi connectivity index (χ0) is 11.8. The van der Waals surface area contributed by atoms with Crippen molar-refractivity contribution in [2.45, 2.75) is 61.8 Å². The molecule has 0 aliphatic heterocycles. The quantitative estimate of drug-likeness (QED) is 0.502. The summed E-state index contributed by atoms with van der Waals surface area (Å²) < 4.78 is 4.84. The predicted molar refractivity (Wildman–Crippen MR) is 87.3 cm³/mol. The Morgan fingerprint density at radius 3 is 1.61 bits per heavy atom. The molecule has 0 aliphatic rings. The second-order valence-electron chi connectivity index (χ2n) is 3.05. The van der Waals surface area contributed by atoms with Crippen LogP contribution in [0, 0.1) is 0 Å². The van der Waals surface area contributed by atoms with Crippen LogP contribution in [-0.4, -0.2) is 25.4 Å². The molecule has 0 radical (unpaired) electrons. The molecule has 0 heterocycles. The molecule has 0 spiro atoms. The van der Waals surface area contributed by atoms with Gasteiger partial charge in [-0.05, 0) is 25.7 Å². The fourth-order valence-corrected chi connectivity index (χ4v) is 0.829. The molecule has 0 saturated heterocycles. The number of rotatable bonds is 7. The van der Waals surface area contributed by atoms with Gasteiger partial charge in [-0.25, -0.2) is 0 Å². The van der Waals surface area contributed by atoms with Crippen LogP contribution in [0.15, 0.2) is 24.3 Å². The Morgan fingerprint density at radius 1 is 0.833 bits per heavy atom. The van der Waals surface area contributed by atoms with E-state index in [1.54, 1.807) is 7.11 Å². The van der Waals surface area contributed by atoms with Gasteiger partial charge in [0.2, 0.25) is 0 Å². The topological polar surface area (TPSA) is 29.5 Å². The Morgan fingerprint density at radius 2 is 1.28 bits per heavy atom. The van der Waals surface area contributed by atoms with Crippen LogP contribution in [0.4, 0.5) is 0 Å². The Kier molecular flexibility index (Phi) is 60.8. The lowest BCUT2D eigenvalue weighted by Gasteiger charge is -1.88. The van der Waals surface area contributed by atoms with Crippen LogP contribution in [0.3, 0.4) is 0 Å². The van der Waals surface area contributed by atoms with Gasteiger partial charge in [0.15, 0.2) is 0 Å². The number of ether oxygens (including phenoxy) is 1. The van der Waals surface area contributed by atoms with Gasteiger partial charge in [0.05, 0.1) is 0 Å². The first kappa shape index (κ1) is 30.4. The summed E-state index contributed by atoms with van der Waals surface area (Å²) in [6.45, 7) is 5.32. The number of hydrogen-bond acceptors (Lipinski definition) is 2. The lowest BCUT2D eigenvalue weighted by molar-refractivity contribution is 0.204. The summed E-state index contributed by atoms with van der Waals surface area (Å²) in [6.07, 6.45) is 12.4. The summed E-state index contributed by atoms with van der Waals surface area (Å²) in [5, 5.41) is 8.24. The average Bonchev–Trinajstić information content (AvgIpc) is 2.26. The maximum absolute atomic E-state index is 8.24. The minimum atomic E-state index is 0. The second kappa shape index (κ2) is 36.0. The Bertz CT molecular complexity index is 140. The average molecular weight is 262 g/mol. The SMILES string of the molecule is C.C.C.CC/C=C/CCO.CC/C=C/CCOC. The molecule has 0 unspecified atom stereocenters. The van der Waals surface area contributed by atoms with E-state index in [2.05, 4.69) is 32.1 Å². The van der Waals surface area contributed by atoms with E-state index in [9.17, 15) is 0 Å². The molecule has 0 atom stereocenters. The first-order valence-electron chi connectivity index (χ1n) is 5.73. The molecule has 0 fully saturated rings. The summed E-state index contributed by atoms with van der Waals surface area (Å²) in [7, 11) is 1.72. The highest BCUT2D eigenvalue weighted by Gasteiger charge is 1.73. The second-order valence-corrected chi connectivity index (χ2v) is 3.05. The zero-order valence-electron chi connectivity index (χ0n) is 10.4. The van der Waals surface area contributed by atoms with E-state index in [0.29, 0.717) is 0 Å². The van der Waals surface area contributed by atoms with Crippen molar-refractivity contribution in [3.63, 3.8) is 0 Å². The third kappa shape index (κ3) is 45.3. The molecule has 0 aromatic carbocycles. The summed E-state index contributed by atoms with van der Waals surface area (Å²) in [4.78, 5) is 0. The predicted octanol–water partition coefficient (Wildman–Crippen LogP) is 5.23. The summed E-state index contributed by atoms with van der Waals surface area (Å²) >= 11 is 0. The highest BCUT2D eigenvalue weighted by molar-refractivity contribution is 4.79. The third-order valence-electron chi connectivity index (χ3n) is 1.59. The standard InChI is InChI=1S/C7H14O.C6H12O.3CH4/c1-3-4-5-6-7-8-2;1-2-3-4-5-6-7;;;/h4-5H,3,6-7H2,1-2H3;3-4,7H,2,5-6H2,1H3;3*1H4/b5-4+;4-3+;;;. The minimum Gasteiger partial charge on any atom is -0.396 e. The number of aliphatic hydroxyl groups is 1. The molecule has 0 aromatic rings. The number of methoxy groups -OCH3 is 1. The van der Waals surface area contributed by atoms with Crippen LogP contribution in [0.2, 0.25) is 0 Å². The van der Waals surface area contributed by atoms with Crippen LogP contribution in [0.25, 0.3) is 0 Å². The van der Waals surface area contributed by atoms with Gasteiger partial charge in [0.1, 0.15) is 0 Å². The van der Waals surface area contributed by atoms with Crippen LogP contribution in [-0.2, 0) is 4.74 Å². The number of allylic oxidation sites excluding steroid dienone is 2. The first-order chi connectivity index (χ1) is 7.33. The molecule has 1 N–H and O–H groups in total. The monoisotopic (exact) mass is 262 g/mol. The first-order valence-corrected chi connectivity index (χ1v) is 5.73. The molecular formula is C16H38O2. The molecule has 0 saturated carbocycles. The lowest BCUT2D eigenvalue weighted by atomic mass is 10.3. The molecule has 0 bridgehead atoms. The molecule has 18 heavy (non-hydrogen) atoms. The van der Waals surface area contributed by atoms with E-state index < -0.39 is 0 Å². The van der Waals surface area contributed by atoms with Gasteiger partial charge >= 0.3 is 0 Å². The molecule has 0 rings (SSSR count). The van der Waals surface area contributed by atoms with Crippen molar-refractivity contribution >= 4 is 0 Å². The van der Waals surface area contributed by atoms with Crippen LogP contribution in [0.5, 0.6) is 0 Å². The number of aliphatic hydroxyl groups excluding tert-OH is 1. The number of hydrogen-bond donors (Lipinski definition) is 1. The van der Waals surface area contributed by atoms with E-state index in [1.807, 2.05) is 6.08 Å². The molecule has 2 heteroatoms. The van der Waals surface area contributed by atoms with E-state index in [-0.39, 0.29) is 28.9 Å². The maximum atomic E-state index is 8.24. The highest BCUT2D eigenvalue weighted by Crippen LogP contribution is 1.85. The highest BCUT2D eigenvalue weighted by atomic mass is 16.5. The third-order valence-corrected chi connectivity index (χ3v) is 1.59. The minimum absolute atomic E-state index is 0. The van der Waals surface area contributed by atoms with Crippen molar-refractivity contribution in [3.05, 3.63) is 24.3 Å². The lowest BCUT2D eigenvalue weighted by Crippen LogP contribution is -1.82. The Labute approximate surface area is 117 Å².